The summed E-state index contributed by atoms with van der Waals surface area (Å²) in [5, 5.41) is 15.1. The van der Waals surface area contributed by atoms with Gasteiger partial charge in [0, 0.05) is 15.6 Å². The van der Waals surface area contributed by atoms with E-state index in [1.165, 1.54) is 6.42 Å². The van der Waals surface area contributed by atoms with Crippen LogP contribution in [-0.4, -0.2) is 32.6 Å². The van der Waals surface area contributed by atoms with E-state index in [1.807, 2.05) is 12.1 Å². The van der Waals surface area contributed by atoms with Crippen LogP contribution < -0.4 is 5.43 Å². The van der Waals surface area contributed by atoms with Gasteiger partial charge in [-0.1, -0.05) is 39.8 Å². The number of hydrogen-bond acceptors (Lipinski definition) is 5. The Morgan fingerprint density at radius 2 is 2.26 bits per heavy atom. The number of thioether (sulfide) groups is 1. The van der Waals surface area contributed by atoms with Gasteiger partial charge in [0.25, 0.3) is 0 Å². The summed E-state index contributed by atoms with van der Waals surface area (Å²) >= 11 is 5.44. The molecule has 1 aromatic carbocycles. The summed E-state index contributed by atoms with van der Waals surface area (Å²) in [7, 11) is 0. The number of alkyl halides is 1. The van der Waals surface area contributed by atoms with Crippen LogP contribution in [0.3, 0.4) is 0 Å². The van der Waals surface area contributed by atoms with Crippen LogP contribution in [0.25, 0.3) is 0 Å². The SMILES string of the molecule is Oc1ccccc1/C=N\NC1=N[C@H]2CC[C@@H](Br)[C@@H]2S1. The normalized spacial score (nSPS) is 29.5. The van der Waals surface area contributed by atoms with Crippen molar-refractivity contribution in [2.24, 2.45) is 10.1 Å². The predicted octanol–water partition coefficient (Wildman–Crippen LogP) is 2.71. The van der Waals surface area contributed by atoms with Crippen LogP contribution in [0.15, 0.2) is 34.4 Å². The molecule has 6 heteroatoms. The molecule has 4 nitrogen and oxygen atoms in total. The number of halogens is 1. The van der Waals surface area contributed by atoms with E-state index in [0.29, 0.717) is 21.7 Å². The van der Waals surface area contributed by atoms with Gasteiger partial charge in [-0.2, -0.15) is 5.10 Å². The summed E-state index contributed by atoms with van der Waals surface area (Å²) in [5.41, 5.74) is 3.65. The van der Waals surface area contributed by atoms with E-state index >= 15 is 0 Å². The highest BCUT2D eigenvalue weighted by Gasteiger charge is 2.40. The van der Waals surface area contributed by atoms with Gasteiger partial charge in [-0.15, -0.1) is 0 Å². The molecular weight excluding hydrogens is 326 g/mol. The number of hydrogen-bond donors (Lipinski definition) is 2. The van der Waals surface area contributed by atoms with Crippen molar-refractivity contribution in [2.45, 2.75) is 29.0 Å². The zero-order chi connectivity index (χ0) is 13.2. The fraction of sp³-hybridized carbons (Fsp3) is 0.385. The number of phenols is 1. The predicted molar refractivity (Wildman–Crippen MR) is 83.4 cm³/mol. The molecule has 0 radical (unpaired) electrons. The molecule has 0 saturated heterocycles. The molecule has 1 fully saturated rings. The first-order valence-corrected chi connectivity index (χ1v) is 7.99. The topological polar surface area (TPSA) is 57.0 Å². The lowest BCUT2D eigenvalue weighted by Gasteiger charge is -2.09. The first-order chi connectivity index (χ1) is 9.24. The van der Waals surface area contributed by atoms with Crippen LogP contribution in [0.1, 0.15) is 18.4 Å². The van der Waals surface area contributed by atoms with Crippen LogP contribution in [-0.2, 0) is 0 Å². The van der Waals surface area contributed by atoms with Gasteiger partial charge in [0.2, 0.25) is 0 Å². The van der Waals surface area contributed by atoms with Crippen molar-refractivity contribution in [3.63, 3.8) is 0 Å². The minimum absolute atomic E-state index is 0.228. The number of aliphatic imine (C=N–C) groups is 1. The molecule has 1 heterocycles. The third-order valence-electron chi connectivity index (χ3n) is 3.31. The van der Waals surface area contributed by atoms with Crippen molar-refractivity contribution in [2.75, 3.05) is 0 Å². The van der Waals surface area contributed by atoms with Crippen LogP contribution >= 0.6 is 27.7 Å². The zero-order valence-corrected chi connectivity index (χ0v) is 12.6. The summed E-state index contributed by atoms with van der Waals surface area (Å²) in [6.45, 7) is 0. The van der Waals surface area contributed by atoms with Crippen molar-refractivity contribution in [3.8, 4) is 5.75 Å². The Bertz CT molecular complexity index is 534. The molecule has 100 valence electrons. The Balaban J connectivity index is 1.61. The Morgan fingerprint density at radius 1 is 1.42 bits per heavy atom. The van der Waals surface area contributed by atoms with E-state index in [-0.39, 0.29) is 5.75 Å². The Morgan fingerprint density at radius 3 is 3.05 bits per heavy atom. The average Bonchev–Trinajstić information content (AvgIpc) is 2.95. The molecule has 2 aliphatic rings. The molecule has 0 bridgehead atoms. The number of amidine groups is 1. The van der Waals surface area contributed by atoms with E-state index in [9.17, 15) is 5.11 Å². The number of rotatable bonds is 2. The molecule has 1 saturated carbocycles. The largest absolute Gasteiger partial charge is 0.507 e. The molecule has 0 spiro atoms. The minimum Gasteiger partial charge on any atom is -0.507 e. The smallest absolute Gasteiger partial charge is 0.177 e. The summed E-state index contributed by atoms with van der Waals surface area (Å²) in [6.07, 6.45) is 3.94. The highest BCUT2D eigenvalue weighted by Crippen LogP contribution is 2.41. The lowest BCUT2D eigenvalue weighted by atomic mass is 10.2. The molecular formula is C13H14BrN3OS. The average molecular weight is 340 g/mol. The number of para-hydroxylation sites is 1. The monoisotopic (exact) mass is 339 g/mol. The van der Waals surface area contributed by atoms with Gasteiger partial charge < -0.3 is 5.11 Å². The summed E-state index contributed by atoms with van der Waals surface area (Å²) in [4.78, 5) is 5.17. The van der Waals surface area contributed by atoms with E-state index in [4.69, 9.17) is 0 Å². The summed E-state index contributed by atoms with van der Waals surface area (Å²) in [5.74, 6) is 0.228. The molecule has 3 atom stereocenters. The van der Waals surface area contributed by atoms with Crippen LogP contribution in [0.4, 0.5) is 0 Å². The summed E-state index contributed by atoms with van der Waals surface area (Å²) < 4.78 is 0. The molecule has 1 aromatic rings. The highest BCUT2D eigenvalue weighted by atomic mass is 79.9. The number of nitrogens with one attached hydrogen (secondary N) is 1. The van der Waals surface area contributed by atoms with Crippen LogP contribution in [0.2, 0.25) is 0 Å². The molecule has 0 amide bonds. The van der Waals surface area contributed by atoms with E-state index in [0.717, 1.165) is 11.6 Å². The van der Waals surface area contributed by atoms with Crippen molar-refractivity contribution in [1.29, 1.82) is 0 Å². The minimum atomic E-state index is 0.228. The van der Waals surface area contributed by atoms with E-state index in [2.05, 4.69) is 31.4 Å². The second-order valence-corrected chi connectivity index (χ2v) is 6.95. The van der Waals surface area contributed by atoms with Crippen molar-refractivity contribution in [1.82, 2.24) is 5.43 Å². The van der Waals surface area contributed by atoms with Gasteiger partial charge in [-0.3, -0.25) is 10.4 Å². The number of aromatic hydroxyl groups is 1. The lowest BCUT2D eigenvalue weighted by Crippen LogP contribution is -2.17. The van der Waals surface area contributed by atoms with Gasteiger partial charge in [0.05, 0.1) is 12.3 Å². The fourth-order valence-corrected chi connectivity index (χ4v) is 4.45. The quantitative estimate of drug-likeness (QED) is 0.494. The van der Waals surface area contributed by atoms with Gasteiger partial charge in [0.1, 0.15) is 5.75 Å². The first-order valence-electron chi connectivity index (χ1n) is 6.19. The van der Waals surface area contributed by atoms with Crippen molar-refractivity contribution >= 4 is 39.1 Å². The standard InChI is InChI=1S/C13H14BrN3OS/c14-9-5-6-10-12(9)19-13(16-10)17-15-7-8-3-1-2-4-11(8)18/h1-4,7,9-10,12,18H,5-6H2,(H,16,17)/b15-7-/t9-,10+,12+/m1/s1. The third kappa shape index (κ3) is 2.79. The van der Waals surface area contributed by atoms with Gasteiger partial charge >= 0.3 is 0 Å². The zero-order valence-electron chi connectivity index (χ0n) is 10.2. The summed E-state index contributed by atoms with van der Waals surface area (Å²) in [6, 6.07) is 7.52. The van der Waals surface area contributed by atoms with E-state index in [1.54, 1.807) is 30.1 Å². The number of benzene rings is 1. The van der Waals surface area contributed by atoms with Crippen LogP contribution in [0.5, 0.6) is 5.75 Å². The second-order valence-electron chi connectivity index (χ2n) is 4.61. The molecule has 0 unspecified atom stereocenters. The number of fused-ring (bicyclic) bond motifs is 1. The van der Waals surface area contributed by atoms with E-state index < -0.39 is 0 Å². The molecule has 1 aliphatic heterocycles. The van der Waals surface area contributed by atoms with Gasteiger partial charge in [-0.05, 0) is 25.0 Å². The molecule has 3 rings (SSSR count). The number of nitrogens with zero attached hydrogens (tertiary/aromatic N) is 2. The maximum atomic E-state index is 9.61. The van der Waals surface area contributed by atoms with Gasteiger partial charge in [0.15, 0.2) is 5.17 Å². The molecule has 2 N–H and O–H groups in total. The lowest BCUT2D eigenvalue weighted by molar-refractivity contribution is 0.474. The second kappa shape index (κ2) is 5.54. The Hall–Kier alpha value is -1.01. The number of hydrazone groups is 1. The maximum absolute atomic E-state index is 9.61. The van der Waals surface area contributed by atoms with Crippen molar-refractivity contribution < 1.29 is 5.11 Å². The first kappa shape index (κ1) is 13.0. The fourth-order valence-electron chi connectivity index (χ4n) is 2.31. The maximum Gasteiger partial charge on any atom is 0.177 e. The Kier molecular flexibility index (Phi) is 3.79. The number of phenolic OH excluding ortho intramolecular Hbond substituents is 1. The molecule has 1 aliphatic carbocycles. The Labute approximate surface area is 124 Å². The molecule has 0 aromatic heterocycles. The van der Waals surface area contributed by atoms with Crippen molar-refractivity contribution in [3.05, 3.63) is 29.8 Å². The highest BCUT2D eigenvalue weighted by molar-refractivity contribution is 9.09. The molecule has 19 heavy (non-hydrogen) atoms. The van der Waals surface area contributed by atoms with Gasteiger partial charge in [-0.25, -0.2) is 0 Å². The van der Waals surface area contributed by atoms with Crippen LogP contribution in [0, 0.1) is 0 Å². The third-order valence-corrected chi connectivity index (χ3v) is 6.02.